The van der Waals surface area contributed by atoms with E-state index in [1.54, 1.807) is 36.4 Å². The van der Waals surface area contributed by atoms with Crippen molar-refractivity contribution in [3.8, 4) is 5.75 Å². The average Bonchev–Trinajstić information content (AvgIpc) is 3.08. The van der Waals surface area contributed by atoms with E-state index in [1.807, 2.05) is 6.92 Å². The van der Waals surface area contributed by atoms with Crippen LogP contribution in [0.25, 0.3) is 0 Å². The van der Waals surface area contributed by atoms with Crippen LogP contribution in [0.3, 0.4) is 0 Å². The summed E-state index contributed by atoms with van der Waals surface area (Å²) in [5.41, 5.74) is 1.05. The standard InChI is InChI=1S/C20H25N3O6S2/c1-2-29-18-8-10-19(11-9-18)31(27,28)21-13-12-20(24)22-16-4-6-17(7-5-16)23-14-3-15-30(23,25)26/h4-11,21H,2-3,12-15H2,1H3,(H,22,24). The Morgan fingerprint density at radius 1 is 1.10 bits per heavy atom. The normalized spacial score (nSPS) is 15.6. The van der Waals surface area contributed by atoms with Gasteiger partial charge in [0.2, 0.25) is 26.0 Å². The fourth-order valence-corrected chi connectivity index (χ4v) is 5.72. The molecule has 9 nitrogen and oxygen atoms in total. The van der Waals surface area contributed by atoms with Gasteiger partial charge in [-0.1, -0.05) is 0 Å². The Labute approximate surface area is 182 Å². The predicted octanol–water partition coefficient (Wildman–Crippen LogP) is 1.93. The number of amides is 1. The molecule has 1 saturated heterocycles. The lowest BCUT2D eigenvalue weighted by Gasteiger charge is -2.17. The highest BCUT2D eigenvalue weighted by atomic mass is 32.2. The zero-order valence-electron chi connectivity index (χ0n) is 17.1. The molecule has 1 amide bonds. The molecule has 2 N–H and O–H groups in total. The second-order valence-corrected chi connectivity index (χ2v) is 10.7. The van der Waals surface area contributed by atoms with Crippen molar-refractivity contribution < 1.29 is 26.4 Å². The number of carbonyl (C=O) groups excluding carboxylic acids is 1. The number of sulfonamides is 2. The van der Waals surface area contributed by atoms with Crippen molar-refractivity contribution in [2.24, 2.45) is 0 Å². The first-order valence-electron chi connectivity index (χ1n) is 9.84. The summed E-state index contributed by atoms with van der Waals surface area (Å²) in [5.74, 6) is 0.350. The summed E-state index contributed by atoms with van der Waals surface area (Å²) >= 11 is 0. The first kappa shape index (κ1) is 23.0. The third-order valence-corrected chi connectivity index (χ3v) is 7.97. The molecule has 0 saturated carbocycles. The van der Waals surface area contributed by atoms with Crippen molar-refractivity contribution in [2.45, 2.75) is 24.7 Å². The maximum atomic E-state index is 12.3. The van der Waals surface area contributed by atoms with E-state index in [9.17, 15) is 21.6 Å². The van der Waals surface area contributed by atoms with E-state index in [0.717, 1.165) is 0 Å². The molecule has 3 rings (SSSR count). The van der Waals surface area contributed by atoms with Crippen molar-refractivity contribution in [3.63, 3.8) is 0 Å². The number of nitrogens with one attached hydrogen (secondary N) is 2. The Balaban J connectivity index is 1.49. The summed E-state index contributed by atoms with van der Waals surface area (Å²) < 4.78 is 57.6. The van der Waals surface area contributed by atoms with E-state index in [0.29, 0.717) is 36.7 Å². The molecule has 1 aliphatic heterocycles. The highest BCUT2D eigenvalue weighted by Crippen LogP contribution is 2.25. The van der Waals surface area contributed by atoms with E-state index >= 15 is 0 Å². The minimum atomic E-state index is -3.73. The molecule has 1 aliphatic rings. The second-order valence-electron chi connectivity index (χ2n) is 6.89. The Hall–Kier alpha value is -2.63. The molecule has 11 heteroatoms. The van der Waals surface area contributed by atoms with Crippen LogP contribution >= 0.6 is 0 Å². The first-order valence-corrected chi connectivity index (χ1v) is 12.9. The molecule has 1 fully saturated rings. The minimum Gasteiger partial charge on any atom is -0.494 e. The number of anilines is 2. The Morgan fingerprint density at radius 3 is 2.35 bits per heavy atom. The van der Waals surface area contributed by atoms with Crippen LogP contribution in [0.5, 0.6) is 5.75 Å². The minimum absolute atomic E-state index is 0.0570. The zero-order valence-corrected chi connectivity index (χ0v) is 18.7. The Kier molecular flexibility index (Phi) is 7.19. The number of hydrogen-bond donors (Lipinski definition) is 2. The van der Waals surface area contributed by atoms with Gasteiger partial charge in [-0.3, -0.25) is 9.10 Å². The van der Waals surface area contributed by atoms with Gasteiger partial charge >= 0.3 is 0 Å². The first-order chi connectivity index (χ1) is 14.7. The molecule has 168 valence electrons. The lowest BCUT2D eigenvalue weighted by molar-refractivity contribution is -0.116. The maximum absolute atomic E-state index is 12.3. The van der Waals surface area contributed by atoms with Gasteiger partial charge < -0.3 is 10.1 Å². The number of carbonyl (C=O) groups is 1. The highest BCUT2D eigenvalue weighted by Gasteiger charge is 2.28. The van der Waals surface area contributed by atoms with Crippen molar-refractivity contribution in [3.05, 3.63) is 48.5 Å². The number of ether oxygens (including phenoxy) is 1. The topological polar surface area (TPSA) is 122 Å². The summed E-state index contributed by atoms with van der Waals surface area (Å²) in [7, 11) is -6.99. The van der Waals surface area contributed by atoms with Gasteiger partial charge in [0.25, 0.3) is 0 Å². The second kappa shape index (κ2) is 9.67. The van der Waals surface area contributed by atoms with Gasteiger partial charge in [0.1, 0.15) is 5.75 Å². The quantitative estimate of drug-likeness (QED) is 0.581. The van der Waals surface area contributed by atoms with Crippen LogP contribution in [0.4, 0.5) is 11.4 Å². The summed E-state index contributed by atoms with van der Waals surface area (Å²) in [6.45, 7) is 2.71. The highest BCUT2D eigenvalue weighted by molar-refractivity contribution is 7.93. The van der Waals surface area contributed by atoms with Gasteiger partial charge in [-0.05, 0) is 61.9 Å². The van der Waals surface area contributed by atoms with Gasteiger partial charge in [-0.25, -0.2) is 21.6 Å². The van der Waals surface area contributed by atoms with E-state index in [1.165, 1.54) is 16.4 Å². The van der Waals surface area contributed by atoms with Gasteiger partial charge in [0.15, 0.2) is 0 Å². The van der Waals surface area contributed by atoms with Gasteiger partial charge in [0.05, 0.1) is 22.9 Å². The number of nitrogens with zero attached hydrogens (tertiary/aromatic N) is 1. The van der Waals surface area contributed by atoms with E-state index < -0.39 is 20.0 Å². The monoisotopic (exact) mass is 467 g/mol. The summed E-state index contributed by atoms with van der Waals surface area (Å²) in [6.07, 6.45) is 0.534. The fourth-order valence-electron chi connectivity index (χ4n) is 3.13. The largest absolute Gasteiger partial charge is 0.494 e. The van der Waals surface area contributed by atoms with Crippen LogP contribution in [0.15, 0.2) is 53.4 Å². The lowest BCUT2D eigenvalue weighted by atomic mass is 10.2. The van der Waals surface area contributed by atoms with Gasteiger partial charge in [-0.15, -0.1) is 0 Å². The zero-order chi connectivity index (χ0) is 22.5. The van der Waals surface area contributed by atoms with Crippen molar-refractivity contribution in [1.29, 1.82) is 0 Å². The van der Waals surface area contributed by atoms with Crippen LogP contribution in [-0.2, 0) is 24.8 Å². The molecule has 0 aromatic heterocycles. The third kappa shape index (κ3) is 5.96. The lowest BCUT2D eigenvalue weighted by Crippen LogP contribution is -2.28. The molecule has 2 aromatic rings. The molecule has 31 heavy (non-hydrogen) atoms. The predicted molar refractivity (Wildman–Crippen MR) is 118 cm³/mol. The smallest absolute Gasteiger partial charge is 0.240 e. The Bertz CT molecular complexity index is 1110. The molecule has 0 radical (unpaired) electrons. The average molecular weight is 468 g/mol. The van der Waals surface area contributed by atoms with Crippen LogP contribution in [0, 0.1) is 0 Å². The molecule has 0 aliphatic carbocycles. The molecule has 0 atom stereocenters. The van der Waals surface area contributed by atoms with Gasteiger partial charge in [-0.2, -0.15) is 0 Å². The molecule has 0 bridgehead atoms. The number of benzene rings is 2. The SMILES string of the molecule is CCOc1ccc(S(=O)(=O)NCCC(=O)Nc2ccc(N3CCCS3(=O)=O)cc2)cc1. The number of rotatable bonds is 9. The van der Waals surface area contributed by atoms with E-state index in [2.05, 4.69) is 10.0 Å². The molecule has 0 unspecified atom stereocenters. The van der Waals surface area contributed by atoms with Crippen molar-refractivity contribution >= 4 is 37.3 Å². The molecular weight excluding hydrogens is 442 g/mol. The van der Waals surface area contributed by atoms with Crippen molar-refractivity contribution in [1.82, 2.24) is 4.72 Å². The van der Waals surface area contributed by atoms with Crippen LogP contribution in [0.2, 0.25) is 0 Å². The third-order valence-electron chi connectivity index (χ3n) is 4.63. The van der Waals surface area contributed by atoms with Crippen LogP contribution in [-0.4, -0.2) is 48.2 Å². The molecule has 1 heterocycles. The maximum Gasteiger partial charge on any atom is 0.240 e. The summed E-state index contributed by atoms with van der Waals surface area (Å²) in [4.78, 5) is 12.2. The van der Waals surface area contributed by atoms with Crippen LogP contribution < -0.4 is 19.1 Å². The molecular formula is C20H25N3O6S2. The van der Waals surface area contributed by atoms with E-state index in [-0.39, 0.29) is 29.5 Å². The Morgan fingerprint density at radius 2 is 1.77 bits per heavy atom. The van der Waals surface area contributed by atoms with Crippen LogP contribution in [0.1, 0.15) is 19.8 Å². The summed E-state index contributed by atoms with van der Waals surface area (Å²) in [6, 6.07) is 12.5. The van der Waals surface area contributed by atoms with Crippen molar-refractivity contribution in [2.75, 3.05) is 35.1 Å². The van der Waals surface area contributed by atoms with E-state index in [4.69, 9.17) is 4.74 Å². The van der Waals surface area contributed by atoms with Gasteiger partial charge in [0, 0.05) is 25.2 Å². The molecule has 2 aromatic carbocycles. The molecule has 0 spiro atoms. The summed E-state index contributed by atoms with van der Waals surface area (Å²) in [5, 5.41) is 2.67. The fraction of sp³-hybridized carbons (Fsp3) is 0.350. The number of hydrogen-bond acceptors (Lipinski definition) is 6.